The van der Waals surface area contributed by atoms with E-state index in [9.17, 15) is 4.79 Å². The highest BCUT2D eigenvalue weighted by Crippen LogP contribution is 2.16. The Morgan fingerprint density at radius 2 is 2.29 bits per heavy atom. The van der Waals surface area contributed by atoms with Gasteiger partial charge in [-0.2, -0.15) is 0 Å². The zero-order chi connectivity index (χ0) is 10.6. The summed E-state index contributed by atoms with van der Waals surface area (Å²) in [4.78, 5) is 13.7. The third kappa shape index (κ3) is 2.33. The molecule has 0 radical (unpaired) electrons. The number of carbonyl (C=O) groups is 1. The van der Waals surface area contributed by atoms with Crippen molar-refractivity contribution in [3.63, 3.8) is 0 Å². The first-order chi connectivity index (χ1) is 6.59. The molecule has 4 heteroatoms. The lowest BCUT2D eigenvalue weighted by Gasteiger charge is -2.40. The third-order valence-corrected chi connectivity index (χ3v) is 2.64. The SMILES string of the molecule is CC1(C)C(=O)NCCN1C/C=C/CN. The van der Waals surface area contributed by atoms with Crippen LogP contribution >= 0.6 is 0 Å². The van der Waals surface area contributed by atoms with Crippen LogP contribution in [0.25, 0.3) is 0 Å². The summed E-state index contributed by atoms with van der Waals surface area (Å²) >= 11 is 0. The van der Waals surface area contributed by atoms with Gasteiger partial charge in [-0.25, -0.2) is 0 Å². The van der Waals surface area contributed by atoms with Gasteiger partial charge in [0.2, 0.25) is 5.91 Å². The van der Waals surface area contributed by atoms with E-state index in [1.165, 1.54) is 0 Å². The van der Waals surface area contributed by atoms with E-state index in [0.717, 1.165) is 19.6 Å². The van der Waals surface area contributed by atoms with Crippen molar-refractivity contribution in [2.45, 2.75) is 19.4 Å². The van der Waals surface area contributed by atoms with Crippen LogP contribution in [0.5, 0.6) is 0 Å². The van der Waals surface area contributed by atoms with Crippen LogP contribution in [0.3, 0.4) is 0 Å². The predicted octanol–water partition coefficient (Wildman–Crippen LogP) is -0.288. The number of hydrogen-bond donors (Lipinski definition) is 2. The van der Waals surface area contributed by atoms with Crippen LogP contribution in [-0.4, -0.2) is 42.5 Å². The maximum absolute atomic E-state index is 11.6. The number of nitrogens with zero attached hydrogens (tertiary/aromatic N) is 1. The summed E-state index contributed by atoms with van der Waals surface area (Å²) < 4.78 is 0. The highest BCUT2D eigenvalue weighted by molar-refractivity contribution is 5.86. The average Bonchev–Trinajstić information content (AvgIpc) is 2.13. The molecule has 1 saturated heterocycles. The molecule has 1 amide bonds. The van der Waals surface area contributed by atoms with Gasteiger partial charge < -0.3 is 11.1 Å². The van der Waals surface area contributed by atoms with Crippen molar-refractivity contribution in [1.82, 2.24) is 10.2 Å². The van der Waals surface area contributed by atoms with Crippen molar-refractivity contribution >= 4 is 5.91 Å². The summed E-state index contributed by atoms with van der Waals surface area (Å²) in [6.45, 7) is 6.86. The number of amides is 1. The average molecular weight is 197 g/mol. The van der Waals surface area contributed by atoms with Crippen molar-refractivity contribution < 1.29 is 4.79 Å². The van der Waals surface area contributed by atoms with Crippen LogP contribution in [0.1, 0.15) is 13.8 Å². The predicted molar refractivity (Wildman–Crippen MR) is 56.9 cm³/mol. The molecule has 0 aliphatic carbocycles. The van der Waals surface area contributed by atoms with E-state index in [0.29, 0.717) is 6.54 Å². The van der Waals surface area contributed by atoms with Crippen LogP contribution in [-0.2, 0) is 4.79 Å². The van der Waals surface area contributed by atoms with Gasteiger partial charge in [0.15, 0.2) is 0 Å². The van der Waals surface area contributed by atoms with E-state index < -0.39 is 5.54 Å². The monoisotopic (exact) mass is 197 g/mol. The van der Waals surface area contributed by atoms with Crippen LogP contribution in [0.15, 0.2) is 12.2 Å². The van der Waals surface area contributed by atoms with Crippen LogP contribution < -0.4 is 11.1 Å². The summed E-state index contributed by atoms with van der Waals surface area (Å²) in [6, 6.07) is 0. The van der Waals surface area contributed by atoms with Crippen molar-refractivity contribution in [2.75, 3.05) is 26.2 Å². The van der Waals surface area contributed by atoms with Gasteiger partial charge in [0, 0.05) is 26.2 Å². The molecule has 0 spiro atoms. The van der Waals surface area contributed by atoms with E-state index in [4.69, 9.17) is 5.73 Å². The fourth-order valence-electron chi connectivity index (χ4n) is 1.56. The molecule has 0 atom stereocenters. The molecule has 4 nitrogen and oxygen atoms in total. The van der Waals surface area contributed by atoms with E-state index in [1.807, 2.05) is 26.0 Å². The molecule has 1 fully saturated rings. The number of nitrogens with two attached hydrogens (primary N) is 1. The maximum atomic E-state index is 11.6. The highest BCUT2D eigenvalue weighted by atomic mass is 16.2. The van der Waals surface area contributed by atoms with Gasteiger partial charge in [-0.05, 0) is 13.8 Å². The zero-order valence-corrected chi connectivity index (χ0v) is 8.92. The second kappa shape index (κ2) is 4.57. The molecule has 14 heavy (non-hydrogen) atoms. The molecule has 3 N–H and O–H groups in total. The van der Waals surface area contributed by atoms with E-state index in [-0.39, 0.29) is 5.91 Å². The Hall–Kier alpha value is -0.870. The summed E-state index contributed by atoms with van der Waals surface area (Å²) in [7, 11) is 0. The Balaban J connectivity index is 2.58. The minimum absolute atomic E-state index is 0.102. The molecule has 1 aliphatic rings. The van der Waals surface area contributed by atoms with E-state index in [2.05, 4.69) is 10.2 Å². The Kier molecular flexibility index (Phi) is 3.66. The minimum Gasteiger partial charge on any atom is -0.353 e. The Labute approximate surface area is 85.1 Å². The van der Waals surface area contributed by atoms with Crippen molar-refractivity contribution in [2.24, 2.45) is 5.73 Å². The Morgan fingerprint density at radius 3 is 2.93 bits per heavy atom. The van der Waals surface area contributed by atoms with Gasteiger partial charge in [-0.3, -0.25) is 9.69 Å². The van der Waals surface area contributed by atoms with Crippen LogP contribution in [0.4, 0.5) is 0 Å². The summed E-state index contributed by atoms with van der Waals surface area (Å²) in [5.41, 5.74) is 4.95. The number of piperazine rings is 1. The van der Waals surface area contributed by atoms with Crippen LogP contribution in [0.2, 0.25) is 0 Å². The fraction of sp³-hybridized carbons (Fsp3) is 0.700. The maximum Gasteiger partial charge on any atom is 0.240 e. The lowest BCUT2D eigenvalue weighted by Crippen LogP contribution is -2.61. The standard InChI is InChI=1S/C10H19N3O/c1-10(2)9(14)12-6-8-13(10)7-4-3-5-11/h3-4H,5-8,11H2,1-2H3,(H,12,14)/b4-3+. The minimum atomic E-state index is -0.406. The van der Waals surface area contributed by atoms with Crippen molar-refractivity contribution in [1.29, 1.82) is 0 Å². The molecule has 0 aromatic carbocycles. The molecular weight excluding hydrogens is 178 g/mol. The molecular formula is C10H19N3O. The van der Waals surface area contributed by atoms with Gasteiger partial charge in [0.05, 0.1) is 5.54 Å². The van der Waals surface area contributed by atoms with Gasteiger partial charge in [-0.1, -0.05) is 12.2 Å². The largest absolute Gasteiger partial charge is 0.353 e. The van der Waals surface area contributed by atoms with Gasteiger partial charge >= 0.3 is 0 Å². The number of hydrogen-bond acceptors (Lipinski definition) is 3. The molecule has 0 unspecified atom stereocenters. The number of rotatable bonds is 3. The van der Waals surface area contributed by atoms with Crippen molar-refractivity contribution in [3.05, 3.63) is 12.2 Å². The lowest BCUT2D eigenvalue weighted by atomic mass is 9.99. The van der Waals surface area contributed by atoms with E-state index in [1.54, 1.807) is 0 Å². The molecule has 0 aromatic rings. The second-order valence-corrected chi connectivity index (χ2v) is 3.97. The first-order valence-corrected chi connectivity index (χ1v) is 4.97. The number of nitrogens with one attached hydrogen (secondary N) is 1. The topological polar surface area (TPSA) is 58.4 Å². The Morgan fingerprint density at radius 1 is 1.57 bits per heavy atom. The van der Waals surface area contributed by atoms with Gasteiger partial charge in [0.1, 0.15) is 0 Å². The van der Waals surface area contributed by atoms with Gasteiger partial charge in [0.25, 0.3) is 0 Å². The van der Waals surface area contributed by atoms with E-state index >= 15 is 0 Å². The quantitative estimate of drug-likeness (QED) is 0.611. The summed E-state index contributed by atoms with van der Waals surface area (Å²) in [6.07, 6.45) is 3.93. The molecule has 80 valence electrons. The molecule has 1 aliphatic heterocycles. The normalized spacial score (nSPS) is 22.6. The molecule has 0 saturated carbocycles. The molecule has 0 aromatic heterocycles. The van der Waals surface area contributed by atoms with Gasteiger partial charge in [-0.15, -0.1) is 0 Å². The Bertz CT molecular complexity index is 236. The molecule has 1 heterocycles. The summed E-state index contributed by atoms with van der Waals surface area (Å²) in [5, 5.41) is 2.86. The number of carbonyl (C=O) groups excluding carboxylic acids is 1. The highest BCUT2D eigenvalue weighted by Gasteiger charge is 2.36. The third-order valence-electron chi connectivity index (χ3n) is 2.64. The second-order valence-electron chi connectivity index (χ2n) is 3.97. The first kappa shape index (κ1) is 11.2. The fourth-order valence-corrected chi connectivity index (χ4v) is 1.56. The summed E-state index contributed by atoms with van der Waals surface area (Å²) in [5.74, 6) is 0.102. The smallest absolute Gasteiger partial charge is 0.240 e. The molecule has 1 rings (SSSR count). The molecule has 0 bridgehead atoms. The van der Waals surface area contributed by atoms with Crippen LogP contribution in [0, 0.1) is 0 Å². The first-order valence-electron chi connectivity index (χ1n) is 4.97. The lowest BCUT2D eigenvalue weighted by molar-refractivity contribution is -0.134. The zero-order valence-electron chi connectivity index (χ0n) is 8.92. The van der Waals surface area contributed by atoms with Crippen molar-refractivity contribution in [3.8, 4) is 0 Å².